The zero-order chi connectivity index (χ0) is 15.2. The number of hydrogen-bond acceptors (Lipinski definition) is 2. The van der Waals surface area contributed by atoms with Crippen LogP contribution in [0.5, 0.6) is 0 Å². The Bertz CT molecular complexity index is 290. The topological polar surface area (TPSA) is 15.3 Å². The predicted molar refractivity (Wildman–Crippen MR) is 92.8 cm³/mol. The van der Waals surface area contributed by atoms with Gasteiger partial charge in [-0.25, -0.2) is 0 Å². The SMILES string of the molecule is CCCCCCCN1CC2(CCCC2)NCC1(CC)CC. The molecule has 1 saturated carbocycles. The number of unbranched alkanes of at least 4 members (excludes halogenated alkanes) is 4. The molecule has 1 aliphatic carbocycles. The Morgan fingerprint density at radius 2 is 1.57 bits per heavy atom. The van der Waals surface area contributed by atoms with Gasteiger partial charge in [0.2, 0.25) is 0 Å². The Morgan fingerprint density at radius 3 is 2.19 bits per heavy atom. The lowest BCUT2D eigenvalue weighted by molar-refractivity contribution is -0.00119. The molecule has 2 heteroatoms. The normalized spacial score (nSPS) is 24.7. The number of nitrogens with zero attached hydrogens (tertiary/aromatic N) is 1. The maximum Gasteiger partial charge on any atom is 0.0329 e. The Hall–Kier alpha value is -0.0800. The van der Waals surface area contributed by atoms with E-state index >= 15 is 0 Å². The van der Waals surface area contributed by atoms with E-state index in [2.05, 4.69) is 31.0 Å². The third-order valence-corrected chi connectivity index (χ3v) is 6.37. The molecule has 2 aliphatic rings. The van der Waals surface area contributed by atoms with Gasteiger partial charge < -0.3 is 5.32 Å². The van der Waals surface area contributed by atoms with Crippen molar-refractivity contribution < 1.29 is 0 Å². The highest BCUT2D eigenvalue weighted by Crippen LogP contribution is 2.38. The van der Waals surface area contributed by atoms with Gasteiger partial charge in [0, 0.05) is 24.2 Å². The van der Waals surface area contributed by atoms with E-state index in [0.717, 1.165) is 0 Å². The fourth-order valence-corrected chi connectivity index (χ4v) is 4.61. The zero-order valence-electron chi connectivity index (χ0n) is 14.8. The monoisotopic (exact) mass is 294 g/mol. The Kier molecular flexibility index (Phi) is 6.55. The van der Waals surface area contributed by atoms with Crippen LogP contribution in [-0.4, -0.2) is 35.6 Å². The maximum absolute atomic E-state index is 3.99. The summed E-state index contributed by atoms with van der Waals surface area (Å²) in [6, 6.07) is 0. The number of piperazine rings is 1. The van der Waals surface area contributed by atoms with Crippen LogP contribution in [-0.2, 0) is 0 Å². The molecule has 124 valence electrons. The van der Waals surface area contributed by atoms with Crippen molar-refractivity contribution in [3.63, 3.8) is 0 Å². The first-order chi connectivity index (χ1) is 10.2. The van der Waals surface area contributed by atoms with E-state index in [-0.39, 0.29) is 0 Å². The first kappa shape index (κ1) is 17.3. The van der Waals surface area contributed by atoms with Crippen LogP contribution in [0, 0.1) is 0 Å². The highest BCUT2D eigenvalue weighted by atomic mass is 15.3. The average Bonchev–Trinajstić information content (AvgIpc) is 2.96. The molecule has 0 bridgehead atoms. The molecule has 2 nitrogen and oxygen atoms in total. The molecule has 21 heavy (non-hydrogen) atoms. The second-order valence-electron chi connectivity index (χ2n) is 7.61. The standard InChI is InChI=1S/C19H38N2/c1-4-7-8-9-12-15-21-17-18(13-10-11-14-18)20-16-19(21,5-2)6-3/h20H,4-17H2,1-3H3. The number of nitrogens with one attached hydrogen (secondary N) is 1. The van der Waals surface area contributed by atoms with Crippen LogP contribution < -0.4 is 5.32 Å². The van der Waals surface area contributed by atoms with Crippen molar-refractivity contribution in [3.05, 3.63) is 0 Å². The van der Waals surface area contributed by atoms with Crippen LogP contribution in [0.15, 0.2) is 0 Å². The molecule has 0 aromatic heterocycles. The van der Waals surface area contributed by atoms with Crippen LogP contribution >= 0.6 is 0 Å². The van der Waals surface area contributed by atoms with Crippen LogP contribution in [0.3, 0.4) is 0 Å². The number of rotatable bonds is 8. The molecule has 0 amide bonds. The number of hydrogen-bond donors (Lipinski definition) is 1. The molecule has 0 aromatic rings. The van der Waals surface area contributed by atoms with Crippen molar-refractivity contribution in [2.24, 2.45) is 0 Å². The van der Waals surface area contributed by atoms with Crippen LogP contribution in [0.1, 0.15) is 91.4 Å². The molecular formula is C19H38N2. The lowest BCUT2D eigenvalue weighted by Gasteiger charge is -2.54. The first-order valence-electron chi connectivity index (χ1n) is 9.70. The van der Waals surface area contributed by atoms with Crippen molar-refractivity contribution in [1.29, 1.82) is 0 Å². The van der Waals surface area contributed by atoms with Gasteiger partial charge in [0.05, 0.1) is 0 Å². The summed E-state index contributed by atoms with van der Waals surface area (Å²) in [6.45, 7) is 10.9. The van der Waals surface area contributed by atoms with Gasteiger partial charge in [-0.05, 0) is 38.6 Å². The summed E-state index contributed by atoms with van der Waals surface area (Å²) >= 11 is 0. The van der Waals surface area contributed by atoms with E-state index < -0.39 is 0 Å². The summed E-state index contributed by atoms with van der Waals surface area (Å²) in [5.41, 5.74) is 0.899. The highest BCUT2D eigenvalue weighted by Gasteiger charge is 2.46. The van der Waals surface area contributed by atoms with Crippen molar-refractivity contribution >= 4 is 0 Å². The van der Waals surface area contributed by atoms with Crippen molar-refractivity contribution in [1.82, 2.24) is 10.2 Å². The fraction of sp³-hybridized carbons (Fsp3) is 1.00. The van der Waals surface area contributed by atoms with Gasteiger partial charge >= 0.3 is 0 Å². The molecule has 1 saturated heterocycles. The van der Waals surface area contributed by atoms with E-state index in [1.54, 1.807) is 0 Å². The Morgan fingerprint density at radius 1 is 0.905 bits per heavy atom. The molecule has 2 fully saturated rings. The van der Waals surface area contributed by atoms with Gasteiger partial charge in [-0.3, -0.25) is 4.90 Å². The average molecular weight is 295 g/mol. The Labute approximate surface area is 133 Å². The van der Waals surface area contributed by atoms with Gasteiger partial charge in [-0.15, -0.1) is 0 Å². The molecule has 1 aliphatic heterocycles. The summed E-state index contributed by atoms with van der Waals surface area (Å²) in [6.07, 6.45) is 15.3. The predicted octanol–water partition coefficient (Wildman–Crippen LogP) is 4.73. The van der Waals surface area contributed by atoms with Crippen LogP contribution in [0.4, 0.5) is 0 Å². The summed E-state index contributed by atoms with van der Waals surface area (Å²) in [5, 5.41) is 3.99. The minimum Gasteiger partial charge on any atom is -0.308 e. The van der Waals surface area contributed by atoms with E-state index in [4.69, 9.17) is 0 Å². The maximum atomic E-state index is 3.99. The molecule has 2 rings (SSSR count). The van der Waals surface area contributed by atoms with Crippen molar-refractivity contribution in [3.8, 4) is 0 Å². The summed E-state index contributed by atoms with van der Waals surface area (Å²) in [5.74, 6) is 0. The van der Waals surface area contributed by atoms with Crippen molar-refractivity contribution in [2.45, 2.75) is 102 Å². The molecule has 0 unspecified atom stereocenters. The smallest absolute Gasteiger partial charge is 0.0329 e. The van der Waals surface area contributed by atoms with Crippen LogP contribution in [0.25, 0.3) is 0 Å². The third-order valence-electron chi connectivity index (χ3n) is 6.37. The highest BCUT2D eigenvalue weighted by molar-refractivity contribution is 5.06. The summed E-state index contributed by atoms with van der Waals surface area (Å²) in [7, 11) is 0. The van der Waals surface area contributed by atoms with E-state index in [9.17, 15) is 0 Å². The van der Waals surface area contributed by atoms with Gasteiger partial charge in [-0.1, -0.05) is 59.3 Å². The molecule has 1 N–H and O–H groups in total. The zero-order valence-corrected chi connectivity index (χ0v) is 14.8. The minimum absolute atomic E-state index is 0.429. The fourth-order valence-electron chi connectivity index (χ4n) is 4.61. The van der Waals surface area contributed by atoms with Crippen molar-refractivity contribution in [2.75, 3.05) is 19.6 Å². The van der Waals surface area contributed by atoms with Gasteiger partial charge in [0.15, 0.2) is 0 Å². The van der Waals surface area contributed by atoms with E-state index in [1.165, 1.54) is 90.3 Å². The lowest BCUT2D eigenvalue weighted by Crippen LogP contribution is -2.69. The molecular weight excluding hydrogens is 256 g/mol. The van der Waals surface area contributed by atoms with E-state index in [1.807, 2.05) is 0 Å². The minimum atomic E-state index is 0.429. The Balaban J connectivity index is 1.92. The molecule has 1 heterocycles. The van der Waals surface area contributed by atoms with Crippen LogP contribution in [0.2, 0.25) is 0 Å². The summed E-state index contributed by atoms with van der Waals surface area (Å²) < 4.78 is 0. The van der Waals surface area contributed by atoms with Gasteiger partial charge in [0.25, 0.3) is 0 Å². The van der Waals surface area contributed by atoms with Gasteiger partial charge in [0.1, 0.15) is 0 Å². The second kappa shape index (κ2) is 7.97. The largest absolute Gasteiger partial charge is 0.308 e. The van der Waals surface area contributed by atoms with E-state index in [0.29, 0.717) is 11.1 Å². The second-order valence-corrected chi connectivity index (χ2v) is 7.61. The third kappa shape index (κ3) is 4.01. The molecule has 0 radical (unpaired) electrons. The lowest BCUT2D eigenvalue weighted by atomic mass is 9.82. The molecule has 0 atom stereocenters. The quantitative estimate of drug-likeness (QED) is 0.651. The first-order valence-corrected chi connectivity index (χ1v) is 9.70. The summed E-state index contributed by atoms with van der Waals surface area (Å²) in [4.78, 5) is 2.89. The molecule has 1 spiro atoms. The molecule has 0 aromatic carbocycles. The van der Waals surface area contributed by atoms with Gasteiger partial charge in [-0.2, -0.15) is 0 Å².